The van der Waals surface area contributed by atoms with E-state index in [1.165, 1.54) is 12.3 Å². The molecular formula is C19H21FN4O3. The lowest BCUT2D eigenvalue weighted by atomic mass is 9.98. The van der Waals surface area contributed by atoms with Crippen LogP contribution in [0.15, 0.2) is 17.1 Å². The maximum atomic E-state index is 14.9. The molecule has 2 saturated heterocycles. The molecule has 142 valence electrons. The highest BCUT2D eigenvalue weighted by Gasteiger charge is 2.37. The first-order chi connectivity index (χ1) is 13.0. The number of halogens is 1. The van der Waals surface area contributed by atoms with Gasteiger partial charge in [0, 0.05) is 37.3 Å². The standard InChI is InChI=1S/C19H21FN4O3/c20-15-7-13-17(25)14(19(26)27)9-23(11-3-4-11)18(13)22-16(15)10-6-12-2-1-5-21-24(12)8-10/h7,9-12,21H,1-6,8H2,(H,26,27)/t10-,12-/m0/s1. The predicted octanol–water partition coefficient (Wildman–Crippen LogP) is 2.02. The highest BCUT2D eigenvalue weighted by Crippen LogP contribution is 2.38. The second-order valence-electron chi connectivity index (χ2n) is 7.83. The number of aromatic carboxylic acids is 1. The van der Waals surface area contributed by atoms with Crippen molar-refractivity contribution in [1.82, 2.24) is 20.0 Å². The third kappa shape index (κ3) is 2.74. The zero-order chi connectivity index (χ0) is 18.7. The number of carboxylic acids is 1. The van der Waals surface area contributed by atoms with E-state index in [0.717, 1.165) is 38.6 Å². The van der Waals surface area contributed by atoms with Gasteiger partial charge in [-0.2, -0.15) is 0 Å². The van der Waals surface area contributed by atoms with Gasteiger partial charge < -0.3 is 9.67 Å². The number of carbonyl (C=O) groups is 1. The first-order valence-electron chi connectivity index (χ1n) is 9.51. The Kier molecular flexibility index (Phi) is 3.80. The molecule has 1 saturated carbocycles. The van der Waals surface area contributed by atoms with Gasteiger partial charge in [-0.15, -0.1) is 0 Å². The van der Waals surface area contributed by atoms with Crippen molar-refractivity contribution in [2.24, 2.45) is 0 Å². The smallest absolute Gasteiger partial charge is 0.341 e. The molecule has 3 fully saturated rings. The normalized spacial score (nSPS) is 25.7. The quantitative estimate of drug-likeness (QED) is 0.857. The summed E-state index contributed by atoms with van der Waals surface area (Å²) in [6, 6.07) is 1.71. The summed E-state index contributed by atoms with van der Waals surface area (Å²) in [7, 11) is 0. The third-order valence-electron chi connectivity index (χ3n) is 5.99. The molecular weight excluding hydrogens is 351 g/mol. The maximum Gasteiger partial charge on any atom is 0.341 e. The van der Waals surface area contributed by atoms with Crippen LogP contribution in [-0.2, 0) is 0 Å². The van der Waals surface area contributed by atoms with E-state index in [-0.39, 0.29) is 22.9 Å². The van der Waals surface area contributed by atoms with Crippen LogP contribution >= 0.6 is 0 Å². The van der Waals surface area contributed by atoms with Crippen LogP contribution < -0.4 is 10.9 Å². The van der Waals surface area contributed by atoms with Crippen molar-refractivity contribution < 1.29 is 14.3 Å². The van der Waals surface area contributed by atoms with E-state index in [1.807, 2.05) is 0 Å². The molecule has 0 amide bonds. The first-order valence-corrected chi connectivity index (χ1v) is 9.51. The summed E-state index contributed by atoms with van der Waals surface area (Å²) >= 11 is 0. The van der Waals surface area contributed by atoms with Crippen LogP contribution in [0.2, 0.25) is 0 Å². The summed E-state index contributed by atoms with van der Waals surface area (Å²) < 4.78 is 16.7. The molecule has 3 aliphatic rings. The largest absolute Gasteiger partial charge is 0.477 e. The molecule has 2 atom stereocenters. The minimum Gasteiger partial charge on any atom is -0.477 e. The lowest BCUT2D eigenvalue weighted by Gasteiger charge is -2.29. The lowest BCUT2D eigenvalue weighted by Crippen LogP contribution is -2.46. The Morgan fingerprint density at radius 3 is 2.81 bits per heavy atom. The molecule has 7 nitrogen and oxygen atoms in total. The molecule has 4 heterocycles. The Labute approximate surface area is 154 Å². The van der Waals surface area contributed by atoms with Crippen molar-refractivity contribution in [2.45, 2.75) is 50.1 Å². The van der Waals surface area contributed by atoms with Crippen LogP contribution in [0.1, 0.15) is 60.1 Å². The molecule has 0 unspecified atom stereocenters. The number of hydrogen-bond acceptors (Lipinski definition) is 5. The summed E-state index contributed by atoms with van der Waals surface area (Å²) in [5.41, 5.74) is 3.16. The van der Waals surface area contributed by atoms with Crippen molar-refractivity contribution >= 4 is 17.0 Å². The highest BCUT2D eigenvalue weighted by atomic mass is 19.1. The molecule has 0 radical (unpaired) electrons. The number of nitrogens with zero attached hydrogens (tertiary/aromatic N) is 3. The Morgan fingerprint density at radius 1 is 1.30 bits per heavy atom. The number of nitrogens with one attached hydrogen (secondary N) is 1. The second-order valence-corrected chi connectivity index (χ2v) is 7.83. The van der Waals surface area contributed by atoms with Crippen molar-refractivity contribution in [3.63, 3.8) is 0 Å². The van der Waals surface area contributed by atoms with E-state index in [4.69, 9.17) is 0 Å². The maximum absolute atomic E-state index is 14.9. The third-order valence-corrected chi connectivity index (χ3v) is 5.99. The molecule has 27 heavy (non-hydrogen) atoms. The Hall–Kier alpha value is -2.32. The summed E-state index contributed by atoms with van der Waals surface area (Å²) in [4.78, 5) is 28.5. The number of aromatic nitrogens is 2. The minimum absolute atomic E-state index is 0.0353. The van der Waals surface area contributed by atoms with Gasteiger partial charge in [-0.3, -0.25) is 10.2 Å². The van der Waals surface area contributed by atoms with Crippen LogP contribution in [0.4, 0.5) is 4.39 Å². The van der Waals surface area contributed by atoms with Crippen molar-refractivity contribution in [3.8, 4) is 0 Å². The Bertz CT molecular complexity index is 987. The van der Waals surface area contributed by atoms with Gasteiger partial charge in [0.05, 0.1) is 11.1 Å². The lowest BCUT2D eigenvalue weighted by molar-refractivity contribution is 0.0695. The second kappa shape index (κ2) is 6.10. The Balaban J connectivity index is 1.64. The molecule has 8 heteroatoms. The number of hydrogen-bond donors (Lipinski definition) is 2. The molecule has 1 aliphatic carbocycles. The number of pyridine rings is 2. The first kappa shape index (κ1) is 16.8. The molecule has 5 rings (SSSR count). The van der Waals surface area contributed by atoms with Gasteiger partial charge in [0.25, 0.3) is 0 Å². The molecule has 0 spiro atoms. The van der Waals surface area contributed by atoms with E-state index >= 15 is 0 Å². The number of fused-ring (bicyclic) bond motifs is 2. The average Bonchev–Trinajstić information content (AvgIpc) is 3.39. The number of rotatable bonds is 3. The van der Waals surface area contributed by atoms with Gasteiger partial charge >= 0.3 is 5.97 Å². The zero-order valence-corrected chi connectivity index (χ0v) is 14.8. The van der Waals surface area contributed by atoms with Crippen LogP contribution in [-0.4, -0.2) is 44.8 Å². The number of carboxylic acid groups (broad SMARTS) is 1. The van der Waals surface area contributed by atoms with Gasteiger partial charge in [0.1, 0.15) is 17.0 Å². The molecule has 0 bridgehead atoms. The molecule has 2 aromatic rings. The summed E-state index contributed by atoms with van der Waals surface area (Å²) in [5, 5.41) is 11.6. The summed E-state index contributed by atoms with van der Waals surface area (Å²) in [6.45, 7) is 1.64. The minimum atomic E-state index is -1.29. The molecule has 0 aromatic carbocycles. The van der Waals surface area contributed by atoms with Gasteiger partial charge in [0.2, 0.25) is 5.43 Å². The average molecular weight is 372 g/mol. The summed E-state index contributed by atoms with van der Waals surface area (Å²) in [6.07, 6.45) is 6.24. The fourth-order valence-electron chi connectivity index (χ4n) is 4.47. The van der Waals surface area contributed by atoms with Crippen LogP contribution in [0.3, 0.4) is 0 Å². The monoisotopic (exact) mass is 372 g/mol. The van der Waals surface area contributed by atoms with Gasteiger partial charge in [-0.25, -0.2) is 19.2 Å². The van der Waals surface area contributed by atoms with Gasteiger partial charge in [-0.05, 0) is 38.2 Å². The van der Waals surface area contributed by atoms with E-state index in [1.54, 1.807) is 4.57 Å². The van der Waals surface area contributed by atoms with Gasteiger partial charge in [-0.1, -0.05) is 0 Å². The SMILES string of the molecule is O=C(O)c1cn(C2CC2)c2nc([C@H]3C[C@@H]4CCCNN4C3)c(F)cc2c1=O. The Morgan fingerprint density at radius 2 is 2.11 bits per heavy atom. The molecule has 2 aliphatic heterocycles. The highest BCUT2D eigenvalue weighted by molar-refractivity contribution is 5.91. The molecule has 2 aromatic heterocycles. The van der Waals surface area contributed by atoms with Crippen molar-refractivity contribution in [2.75, 3.05) is 13.1 Å². The van der Waals surface area contributed by atoms with Crippen molar-refractivity contribution in [3.05, 3.63) is 39.6 Å². The fraction of sp³-hybridized carbons (Fsp3) is 0.526. The van der Waals surface area contributed by atoms with Crippen molar-refractivity contribution in [1.29, 1.82) is 0 Å². The summed E-state index contributed by atoms with van der Waals surface area (Å²) in [5.74, 6) is -1.85. The van der Waals surface area contributed by atoms with E-state index < -0.39 is 17.2 Å². The van der Waals surface area contributed by atoms with E-state index in [0.29, 0.717) is 23.9 Å². The topological polar surface area (TPSA) is 87.5 Å². The predicted molar refractivity (Wildman–Crippen MR) is 96.3 cm³/mol. The van der Waals surface area contributed by atoms with E-state index in [9.17, 15) is 19.1 Å². The number of hydrazine groups is 1. The van der Waals surface area contributed by atoms with E-state index in [2.05, 4.69) is 15.4 Å². The van der Waals surface area contributed by atoms with Gasteiger partial charge in [0.15, 0.2) is 0 Å². The fourth-order valence-corrected chi connectivity index (χ4v) is 4.47. The van der Waals surface area contributed by atoms with Crippen LogP contribution in [0.5, 0.6) is 0 Å². The van der Waals surface area contributed by atoms with Crippen LogP contribution in [0.25, 0.3) is 11.0 Å². The van der Waals surface area contributed by atoms with Crippen LogP contribution in [0, 0.1) is 5.82 Å². The zero-order valence-electron chi connectivity index (χ0n) is 14.8. The molecule has 2 N–H and O–H groups in total.